The summed E-state index contributed by atoms with van der Waals surface area (Å²) in [5.74, 6) is -0.375. The minimum absolute atomic E-state index is 0.101. The van der Waals surface area contributed by atoms with Crippen LogP contribution in [0.5, 0.6) is 0 Å². The van der Waals surface area contributed by atoms with E-state index in [0.717, 1.165) is 5.56 Å². The summed E-state index contributed by atoms with van der Waals surface area (Å²) in [4.78, 5) is 22.6. The fourth-order valence-electron chi connectivity index (χ4n) is 1.86. The SMILES string of the molecule is CC[C@H](NC=O)C(=O)C(C)NS(=O)(=O)c1ccc(C)cc1. The standard InChI is InChI=1S/C14H20N2O4S/c1-4-13(15-9-17)14(18)11(3)16-21(19,20)12-7-5-10(2)6-8-12/h5-9,11,13,16H,4H2,1-3H3,(H,15,17)/t11?,13-/m0/s1. The van der Waals surface area contributed by atoms with Crippen molar-refractivity contribution in [2.75, 3.05) is 0 Å². The van der Waals surface area contributed by atoms with Crippen molar-refractivity contribution in [1.82, 2.24) is 10.0 Å². The van der Waals surface area contributed by atoms with E-state index in [2.05, 4.69) is 10.0 Å². The monoisotopic (exact) mass is 312 g/mol. The summed E-state index contributed by atoms with van der Waals surface area (Å²) in [6.45, 7) is 5.05. The van der Waals surface area contributed by atoms with E-state index < -0.39 is 22.1 Å². The highest BCUT2D eigenvalue weighted by molar-refractivity contribution is 7.89. The van der Waals surface area contributed by atoms with Crippen molar-refractivity contribution in [2.45, 2.75) is 44.2 Å². The van der Waals surface area contributed by atoms with Gasteiger partial charge in [-0.25, -0.2) is 13.1 Å². The fourth-order valence-corrected chi connectivity index (χ4v) is 3.07. The van der Waals surface area contributed by atoms with Crippen molar-refractivity contribution in [2.24, 2.45) is 0 Å². The molecule has 7 heteroatoms. The molecule has 0 bridgehead atoms. The van der Waals surface area contributed by atoms with Gasteiger partial charge in [0.05, 0.1) is 17.0 Å². The lowest BCUT2D eigenvalue weighted by Gasteiger charge is -2.19. The molecular weight excluding hydrogens is 292 g/mol. The summed E-state index contributed by atoms with van der Waals surface area (Å²) in [5, 5.41) is 2.38. The second kappa shape index (κ2) is 7.33. The second-order valence-corrected chi connectivity index (χ2v) is 6.52. The fraction of sp³-hybridized carbons (Fsp3) is 0.429. The van der Waals surface area contributed by atoms with Gasteiger partial charge in [0.1, 0.15) is 0 Å². The van der Waals surface area contributed by atoms with E-state index in [1.807, 2.05) is 6.92 Å². The Morgan fingerprint density at radius 2 is 1.86 bits per heavy atom. The number of Topliss-reactive ketones (excluding diaryl/α,β-unsaturated/α-hetero) is 1. The molecule has 0 aliphatic carbocycles. The summed E-state index contributed by atoms with van der Waals surface area (Å²) in [6, 6.07) is 4.71. The lowest BCUT2D eigenvalue weighted by atomic mass is 10.1. The van der Waals surface area contributed by atoms with Crippen LogP contribution in [0.1, 0.15) is 25.8 Å². The zero-order valence-electron chi connectivity index (χ0n) is 12.3. The first-order chi connectivity index (χ1) is 9.81. The number of hydrogen-bond acceptors (Lipinski definition) is 4. The molecule has 1 amide bonds. The minimum atomic E-state index is -3.76. The molecule has 0 aliphatic rings. The number of nitrogens with one attached hydrogen (secondary N) is 2. The topological polar surface area (TPSA) is 92.3 Å². The number of carbonyl (C=O) groups excluding carboxylic acids is 2. The Labute approximate surface area is 125 Å². The molecule has 21 heavy (non-hydrogen) atoms. The van der Waals surface area contributed by atoms with Crippen molar-refractivity contribution >= 4 is 22.2 Å². The van der Waals surface area contributed by atoms with Gasteiger partial charge in [0.25, 0.3) is 0 Å². The third kappa shape index (κ3) is 4.64. The number of carbonyl (C=O) groups is 2. The summed E-state index contributed by atoms with van der Waals surface area (Å²) in [5.41, 5.74) is 0.944. The molecule has 116 valence electrons. The maximum atomic E-state index is 12.2. The van der Waals surface area contributed by atoms with Gasteiger partial charge < -0.3 is 5.32 Å². The summed E-state index contributed by atoms with van der Waals surface area (Å²) in [6.07, 6.45) is 0.835. The maximum Gasteiger partial charge on any atom is 0.241 e. The molecule has 0 saturated carbocycles. The zero-order valence-corrected chi connectivity index (χ0v) is 13.1. The van der Waals surface area contributed by atoms with Crippen LogP contribution in [0.4, 0.5) is 0 Å². The molecule has 1 aromatic carbocycles. The molecule has 6 nitrogen and oxygen atoms in total. The number of aryl methyl sites for hydroxylation is 1. The molecular formula is C14H20N2O4S. The summed E-state index contributed by atoms with van der Waals surface area (Å²) in [7, 11) is -3.76. The number of sulfonamides is 1. The van der Waals surface area contributed by atoms with E-state index in [9.17, 15) is 18.0 Å². The van der Waals surface area contributed by atoms with E-state index in [1.165, 1.54) is 19.1 Å². The molecule has 0 radical (unpaired) electrons. The summed E-state index contributed by atoms with van der Waals surface area (Å²) >= 11 is 0. The highest BCUT2D eigenvalue weighted by atomic mass is 32.2. The third-order valence-corrected chi connectivity index (χ3v) is 4.67. The number of rotatable bonds is 8. The van der Waals surface area contributed by atoms with Gasteiger partial charge in [-0.15, -0.1) is 0 Å². The van der Waals surface area contributed by atoms with Gasteiger partial charge >= 0.3 is 0 Å². The normalized spacial score (nSPS) is 14.2. The van der Waals surface area contributed by atoms with Crippen LogP contribution in [0.2, 0.25) is 0 Å². The molecule has 0 aliphatic heterocycles. The van der Waals surface area contributed by atoms with Crippen LogP contribution in [-0.4, -0.2) is 32.7 Å². The van der Waals surface area contributed by atoms with E-state index >= 15 is 0 Å². The first-order valence-electron chi connectivity index (χ1n) is 6.64. The van der Waals surface area contributed by atoms with E-state index in [1.54, 1.807) is 19.1 Å². The first-order valence-corrected chi connectivity index (χ1v) is 8.12. The van der Waals surface area contributed by atoms with Gasteiger partial charge in [0.15, 0.2) is 5.78 Å². The van der Waals surface area contributed by atoms with Crippen LogP contribution >= 0.6 is 0 Å². The Balaban J connectivity index is 2.85. The number of benzene rings is 1. The molecule has 1 rings (SSSR count). The maximum absolute atomic E-state index is 12.2. The number of ketones is 1. The van der Waals surface area contributed by atoms with Gasteiger partial charge in [-0.2, -0.15) is 0 Å². The van der Waals surface area contributed by atoms with Gasteiger partial charge in [0.2, 0.25) is 16.4 Å². The largest absolute Gasteiger partial charge is 0.349 e. The Morgan fingerprint density at radius 3 is 2.33 bits per heavy atom. The quantitative estimate of drug-likeness (QED) is 0.693. The third-order valence-electron chi connectivity index (χ3n) is 3.11. The van der Waals surface area contributed by atoms with Crippen LogP contribution in [0.25, 0.3) is 0 Å². The van der Waals surface area contributed by atoms with Gasteiger partial charge in [0, 0.05) is 0 Å². The second-order valence-electron chi connectivity index (χ2n) is 4.80. The zero-order chi connectivity index (χ0) is 16.0. The number of amides is 1. The predicted molar refractivity (Wildman–Crippen MR) is 79.2 cm³/mol. The van der Waals surface area contributed by atoms with Gasteiger partial charge in [-0.05, 0) is 32.4 Å². The van der Waals surface area contributed by atoms with Crippen LogP contribution in [0.15, 0.2) is 29.2 Å². The molecule has 0 saturated heterocycles. The highest BCUT2D eigenvalue weighted by Crippen LogP contribution is 2.11. The van der Waals surface area contributed by atoms with E-state index in [-0.39, 0.29) is 10.7 Å². The molecule has 0 heterocycles. The van der Waals surface area contributed by atoms with Crippen LogP contribution in [0, 0.1) is 6.92 Å². The molecule has 1 aromatic rings. The van der Waals surface area contributed by atoms with Crippen molar-refractivity contribution < 1.29 is 18.0 Å². The van der Waals surface area contributed by atoms with Crippen molar-refractivity contribution in [3.8, 4) is 0 Å². The Kier molecular flexibility index (Phi) is 6.04. The van der Waals surface area contributed by atoms with Gasteiger partial charge in [-0.3, -0.25) is 9.59 Å². The molecule has 2 N–H and O–H groups in total. The smallest absolute Gasteiger partial charge is 0.241 e. The summed E-state index contributed by atoms with van der Waals surface area (Å²) < 4.78 is 26.7. The molecule has 0 spiro atoms. The van der Waals surface area contributed by atoms with E-state index in [4.69, 9.17) is 0 Å². The van der Waals surface area contributed by atoms with Gasteiger partial charge in [-0.1, -0.05) is 24.6 Å². The van der Waals surface area contributed by atoms with Crippen molar-refractivity contribution in [3.05, 3.63) is 29.8 Å². The molecule has 0 aromatic heterocycles. The lowest BCUT2D eigenvalue weighted by molar-refractivity contribution is -0.124. The first kappa shape index (κ1) is 17.3. The van der Waals surface area contributed by atoms with E-state index in [0.29, 0.717) is 12.8 Å². The van der Waals surface area contributed by atoms with Crippen LogP contribution in [-0.2, 0) is 19.6 Å². The molecule has 0 fully saturated rings. The Bertz CT molecular complexity index is 596. The van der Waals surface area contributed by atoms with Crippen molar-refractivity contribution in [3.63, 3.8) is 0 Å². The lowest BCUT2D eigenvalue weighted by Crippen LogP contribution is -2.47. The highest BCUT2D eigenvalue weighted by Gasteiger charge is 2.26. The number of hydrogen-bond donors (Lipinski definition) is 2. The van der Waals surface area contributed by atoms with Crippen molar-refractivity contribution in [1.29, 1.82) is 0 Å². The minimum Gasteiger partial charge on any atom is -0.349 e. The molecule has 2 atom stereocenters. The predicted octanol–water partition coefficient (Wildman–Crippen LogP) is 0.756. The van der Waals surface area contributed by atoms with Crippen LogP contribution in [0.3, 0.4) is 0 Å². The van der Waals surface area contributed by atoms with Crippen LogP contribution < -0.4 is 10.0 Å². The Hall–Kier alpha value is -1.73. The average molecular weight is 312 g/mol. The Morgan fingerprint density at radius 1 is 1.29 bits per heavy atom. The average Bonchev–Trinajstić information content (AvgIpc) is 2.44. The molecule has 1 unspecified atom stereocenters.